The lowest BCUT2D eigenvalue weighted by Gasteiger charge is -2.27. The number of hydrogen-bond donors (Lipinski definition) is 1. The van der Waals surface area contributed by atoms with Crippen LogP contribution in [0.15, 0.2) is 0 Å². The summed E-state index contributed by atoms with van der Waals surface area (Å²) in [4.78, 5) is 4.73. The summed E-state index contributed by atoms with van der Waals surface area (Å²) < 4.78 is 5.32. The third-order valence-corrected chi connectivity index (χ3v) is 2.85. The van der Waals surface area contributed by atoms with Gasteiger partial charge in [0.25, 0.3) is 0 Å². The maximum Gasteiger partial charge on any atom is 0.0705 e. The molecule has 4 heteroatoms. The summed E-state index contributed by atoms with van der Waals surface area (Å²) in [5, 5.41) is 0. The predicted molar refractivity (Wildman–Crippen MR) is 74.3 cm³/mol. The molecular weight excluding hydrogens is 214 g/mol. The summed E-state index contributed by atoms with van der Waals surface area (Å²) in [5.74, 6) is 0.705. The van der Waals surface area contributed by atoms with E-state index in [1.54, 1.807) is 7.11 Å². The van der Waals surface area contributed by atoms with Crippen molar-refractivity contribution in [3.63, 3.8) is 0 Å². The van der Waals surface area contributed by atoms with Crippen LogP contribution in [0.25, 0.3) is 0 Å². The SMILES string of the molecule is COC(CN)CCN(CCN(C)C)CC(C)C. The quantitative estimate of drug-likeness (QED) is 0.620. The van der Waals surface area contributed by atoms with E-state index >= 15 is 0 Å². The van der Waals surface area contributed by atoms with Crippen LogP contribution in [-0.4, -0.2) is 69.8 Å². The van der Waals surface area contributed by atoms with Gasteiger partial charge in [0.1, 0.15) is 0 Å². The minimum absolute atomic E-state index is 0.198. The van der Waals surface area contributed by atoms with Crippen molar-refractivity contribution in [2.75, 3.05) is 53.9 Å². The lowest BCUT2D eigenvalue weighted by atomic mass is 10.2. The third kappa shape index (κ3) is 9.53. The number of ether oxygens (including phenoxy) is 1. The van der Waals surface area contributed by atoms with E-state index in [9.17, 15) is 0 Å². The second-order valence-electron chi connectivity index (χ2n) is 5.38. The average Bonchev–Trinajstić information content (AvgIpc) is 2.26. The molecule has 0 fully saturated rings. The van der Waals surface area contributed by atoms with Gasteiger partial charge in [0.15, 0.2) is 0 Å². The summed E-state index contributed by atoms with van der Waals surface area (Å²) in [6, 6.07) is 0. The van der Waals surface area contributed by atoms with Gasteiger partial charge >= 0.3 is 0 Å². The molecule has 0 bridgehead atoms. The van der Waals surface area contributed by atoms with Crippen molar-refractivity contribution in [3.8, 4) is 0 Å². The minimum atomic E-state index is 0.198. The number of rotatable bonds is 10. The zero-order chi connectivity index (χ0) is 13.3. The summed E-state index contributed by atoms with van der Waals surface area (Å²) in [6.07, 6.45) is 1.22. The van der Waals surface area contributed by atoms with Crippen LogP contribution in [-0.2, 0) is 4.74 Å². The molecule has 104 valence electrons. The first-order valence-electron chi connectivity index (χ1n) is 6.59. The average molecular weight is 245 g/mol. The normalized spacial score (nSPS) is 13.9. The van der Waals surface area contributed by atoms with Gasteiger partial charge in [0.2, 0.25) is 0 Å². The Hall–Kier alpha value is -0.160. The number of hydrogen-bond acceptors (Lipinski definition) is 4. The molecule has 1 atom stereocenters. The summed E-state index contributed by atoms with van der Waals surface area (Å²) in [7, 11) is 5.97. The van der Waals surface area contributed by atoms with Gasteiger partial charge in [-0.2, -0.15) is 0 Å². The van der Waals surface area contributed by atoms with E-state index in [1.165, 1.54) is 0 Å². The molecule has 2 N–H and O–H groups in total. The summed E-state index contributed by atoms with van der Waals surface area (Å²) in [6.45, 7) is 9.58. The Labute approximate surface area is 107 Å². The van der Waals surface area contributed by atoms with Gasteiger partial charge < -0.3 is 20.3 Å². The van der Waals surface area contributed by atoms with Gasteiger partial charge in [-0.3, -0.25) is 0 Å². The van der Waals surface area contributed by atoms with Crippen LogP contribution >= 0.6 is 0 Å². The highest BCUT2D eigenvalue weighted by Crippen LogP contribution is 2.03. The lowest BCUT2D eigenvalue weighted by Crippen LogP contribution is -2.37. The molecule has 17 heavy (non-hydrogen) atoms. The zero-order valence-electron chi connectivity index (χ0n) is 12.3. The first-order valence-corrected chi connectivity index (χ1v) is 6.59. The third-order valence-electron chi connectivity index (χ3n) is 2.85. The number of methoxy groups -OCH3 is 1. The molecule has 0 aromatic heterocycles. The van der Waals surface area contributed by atoms with E-state index in [4.69, 9.17) is 10.5 Å². The van der Waals surface area contributed by atoms with Gasteiger partial charge in [-0.1, -0.05) is 13.8 Å². The van der Waals surface area contributed by atoms with Gasteiger partial charge in [0.05, 0.1) is 6.10 Å². The highest BCUT2D eigenvalue weighted by atomic mass is 16.5. The highest BCUT2D eigenvalue weighted by molar-refractivity contribution is 4.66. The maximum absolute atomic E-state index is 5.64. The Kier molecular flexibility index (Phi) is 9.74. The lowest BCUT2D eigenvalue weighted by molar-refractivity contribution is 0.0863. The number of nitrogens with zero attached hydrogens (tertiary/aromatic N) is 2. The fourth-order valence-electron chi connectivity index (χ4n) is 1.81. The molecule has 0 aliphatic carbocycles. The van der Waals surface area contributed by atoms with E-state index < -0.39 is 0 Å². The Morgan fingerprint density at radius 1 is 1.12 bits per heavy atom. The molecular formula is C13H31N3O. The molecule has 0 saturated heterocycles. The van der Waals surface area contributed by atoms with Crippen LogP contribution in [0.3, 0.4) is 0 Å². The molecule has 0 saturated carbocycles. The fourth-order valence-corrected chi connectivity index (χ4v) is 1.81. The van der Waals surface area contributed by atoms with Crippen molar-refractivity contribution in [1.29, 1.82) is 0 Å². The van der Waals surface area contributed by atoms with E-state index in [-0.39, 0.29) is 6.10 Å². The molecule has 0 amide bonds. The van der Waals surface area contributed by atoms with Gasteiger partial charge in [-0.15, -0.1) is 0 Å². The Morgan fingerprint density at radius 3 is 2.18 bits per heavy atom. The Bertz CT molecular complexity index is 170. The molecule has 0 aromatic rings. The van der Waals surface area contributed by atoms with Crippen LogP contribution in [0.1, 0.15) is 20.3 Å². The molecule has 4 nitrogen and oxygen atoms in total. The molecule has 0 aliphatic heterocycles. The van der Waals surface area contributed by atoms with Crippen LogP contribution < -0.4 is 5.73 Å². The van der Waals surface area contributed by atoms with E-state index in [2.05, 4.69) is 37.7 Å². The monoisotopic (exact) mass is 245 g/mol. The van der Waals surface area contributed by atoms with Gasteiger partial charge in [-0.25, -0.2) is 0 Å². The second-order valence-corrected chi connectivity index (χ2v) is 5.38. The minimum Gasteiger partial charge on any atom is -0.380 e. The molecule has 0 rings (SSSR count). The molecule has 0 aliphatic rings. The first-order chi connectivity index (χ1) is 7.99. The van der Waals surface area contributed by atoms with Crippen LogP contribution in [0.2, 0.25) is 0 Å². The standard InChI is InChI=1S/C13H31N3O/c1-12(2)11-16(9-8-15(3)4)7-6-13(10-14)17-5/h12-13H,6-11,14H2,1-5H3. The van der Waals surface area contributed by atoms with Crippen molar-refractivity contribution < 1.29 is 4.74 Å². The molecule has 0 aromatic carbocycles. The van der Waals surface area contributed by atoms with Gasteiger partial charge in [0, 0.05) is 39.8 Å². The fraction of sp³-hybridized carbons (Fsp3) is 1.00. The van der Waals surface area contributed by atoms with Crippen LogP contribution in [0.5, 0.6) is 0 Å². The Morgan fingerprint density at radius 2 is 1.76 bits per heavy atom. The Balaban J connectivity index is 3.99. The predicted octanol–water partition coefficient (Wildman–Crippen LogP) is 0.870. The van der Waals surface area contributed by atoms with Crippen LogP contribution in [0, 0.1) is 5.92 Å². The topological polar surface area (TPSA) is 41.7 Å². The second kappa shape index (κ2) is 9.83. The summed E-state index contributed by atoms with van der Waals surface area (Å²) >= 11 is 0. The van der Waals surface area contributed by atoms with Crippen molar-refractivity contribution in [2.24, 2.45) is 11.7 Å². The molecule has 0 heterocycles. The van der Waals surface area contributed by atoms with E-state index in [0.717, 1.165) is 32.6 Å². The summed E-state index contributed by atoms with van der Waals surface area (Å²) in [5.41, 5.74) is 5.64. The van der Waals surface area contributed by atoms with Crippen molar-refractivity contribution >= 4 is 0 Å². The molecule has 0 radical (unpaired) electrons. The van der Waals surface area contributed by atoms with Crippen molar-refractivity contribution in [2.45, 2.75) is 26.4 Å². The zero-order valence-corrected chi connectivity index (χ0v) is 12.3. The van der Waals surface area contributed by atoms with E-state index in [0.29, 0.717) is 12.5 Å². The first kappa shape index (κ1) is 16.8. The highest BCUT2D eigenvalue weighted by Gasteiger charge is 2.11. The molecule has 0 spiro atoms. The van der Waals surface area contributed by atoms with Crippen molar-refractivity contribution in [1.82, 2.24) is 9.80 Å². The number of likely N-dealkylation sites (N-methyl/N-ethyl adjacent to an activating group) is 1. The van der Waals surface area contributed by atoms with Gasteiger partial charge in [-0.05, 0) is 26.4 Å². The van der Waals surface area contributed by atoms with Crippen LogP contribution in [0.4, 0.5) is 0 Å². The maximum atomic E-state index is 5.64. The largest absolute Gasteiger partial charge is 0.380 e. The molecule has 1 unspecified atom stereocenters. The van der Waals surface area contributed by atoms with E-state index in [1.807, 2.05) is 0 Å². The van der Waals surface area contributed by atoms with Crippen molar-refractivity contribution in [3.05, 3.63) is 0 Å². The smallest absolute Gasteiger partial charge is 0.0705 e. The number of nitrogens with two attached hydrogens (primary N) is 1.